The summed E-state index contributed by atoms with van der Waals surface area (Å²) in [7, 11) is 0. The van der Waals surface area contributed by atoms with Crippen LogP contribution in [0.15, 0.2) is 52.8 Å². The van der Waals surface area contributed by atoms with Crippen LogP contribution in [-0.2, 0) is 0 Å². The van der Waals surface area contributed by atoms with E-state index in [9.17, 15) is 14.3 Å². The van der Waals surface area contributed by atoms with Crippen molar-refractivity contribution in [3.8, 4) is 11.5 Å². The Labute approximate surface area is 179 Å². The summed E-state index contributed by atoms with van der Waals surface area (Å²) in [6.45, 7) is 5.82. The number of aromatic nitrogens is 1. The number of halogens is 1. The molecule has 0 amide bonds. The molecule has 1 aromatic heterocycles. The first-order valence-corrected chi connectivity index (χ1v) is 10.4. The van der Waals surface area contributed by atoms with Crippen LogP contribution < -0.4 is 4.74 Å². The number of hydrogen-bond acceptors (Lipinski definition) is 6. The largest absolute Gasteiger partial charge is 0.504 e. The van der Waals surface area contributed by atoms with Gasteiger partial charge in [-0.05, 0) is 76.2 Å². The normalized spacial score (nSPS) is 16.0. The second-order valence-electron chi connectivity index (χ2n) is 7.94. The molecule has 0 unspecified atom stereocenters. The third-order valence-corrected chi connectivity index (χ3v) is 5.71. The second-order valence-corrected chi connectivity index (χ2v) is 7.94. The number of nitrogens with zero attached hydrogens (tertiary/aromatic N) is 2. The van der Waals surface area contributed by atoms with Gasteiger partial charge in [0, 0.05) is 29.5 Å². The number of ketones is 1. The maximum Gasteiger partial charge on any atom is 0.170 e. The van der Waals surface area contributed by atoms with E-state index in [0.29, 0.717) is 16.9 Å². The number of fused-ring (bicyclic) bond motifs is 1. The molecule has 0 atom stereocenters. The predicted molar refractivity (Wildman–Crippen MR) is 115 cm³/mol. The molecule has 1 saturated heterocycles. The third kappa shape index (κ3) is 4.77. The Balaban J connectivity index is 1.34. The van der Waals surface area contributed by atoms with Crippen LogP contribution in [0, 0.1) is 5.82 Å². The first-order valence-electron chi connectivity index (χ1n) is 10.4. The summed E-state index contributed by atoms with van der Waals surface area (Å²) >= 11 is 0. The molecule has 31 heavy (non-hydrogen) atoms. The predicted octanol–water partition coefficient (Wildman–Crippen LogP) is 5.04. The van der Waals surface area contributed by atoms with Crippen LogP contribution in [0.5, 0.6) is 11.5 Å². The van der Waals surface area contributed by atoms with Crippen molar-refractivity contribution in [2.24, 2.45) is 0 Å². The molecule has 2 aromatic carbocycles. The van der Waals surface area contributed by atoms with Crippen molar-refractivity contribution in [1.29, 1.82) is 0 Å². The van der Waals surface area contributed by atoms with Gasteiger partial charge in [-0.1, -0.05) is 5.16 Å². The number of likely N-dealkylation sites (tertiary alicyclic amines) is 1. The number of allylic oxidation sites excluding steroid dienone is 1. The van der Waals surface area contributed by atoms with Crippen LogP contribution in [0.2, 0.25) is 0 Å². The Kier molecular flexibility index (Phi) is 6.04. The smallest absolute Gasteiger partial charge is 0.170 e. The Morgan fingerprint density at radius 3 is 2.77 bits per heavy atom. The van der Waals surface area contributed by atoms with Crippen molar-refractivity contribution in [1.82, 2.24) is 10.1 Å². The molecule has 1 aliphatic rings. The molecule has 0 bridgehead atoms. The molecule has 1 fully saturated rings. The van der Waals surface area contributed by atoms with Crippen LogP contribution in [-0.4, -0.2) is 40.6 Å². The fourth-order valence-electron chi connectivity index (χ4n) is 3.90. The van der Waals surface area contributed by atoms with E-state index in [-0.39, 0.29) is 29.0 Å². The Bertz CT molecular complexity index is 1130. The van der Waals surface area contributed by atoms with Crippen molar-refractivity contribution >= 4 is 16.8 Å². The number of phenols is 1. The summed E-state index contributed by atoms with van der Waals surface area (Å²) in [5.74, 6) is 0.807. The van der Waals surface area contributed by atoms with Gasteiger partial charge in [0.1, 0.15) is 5.82 Å². The summed E-state index contributed by atoms with van der Waals surface area (Å²) in [6.07, 6.45) is 3.84. The molecule has 2 heterocycles. The maximum absolute atomic E-state index is 13.4. The average Bonchev–Trinajstić information content (AvgIpc) is 3.17. The highest BCUT2D eigenvalue weighted by Crippen LogP contribution is 2.33. The Morgan fingerprint density at radius 1 is 1.26 bits per heavy atom. The standard InChI is InChI=1S/C24H25FN2O4/c1-15(30-23-13-18(16(2)28)3-6-21(23)29)7-10-27-11-8-17(9-12-27)24-20-5-4-19(25)14-22(20)31-26-24/h3-7,13-14,17,29H,8-12H2,1-2H3/b15-7+. The zero-order valence-electron chi connectivity index (χ0n) is 17.6. The molecule has 3 aromatic rings. The Hall–Kier alpha value is -3.19. The summed E-state index contributed by atoms with van der Waals surface area (Å²) in [4.78, 5) is 13.9. The van der Waals surface area contributed by atoms with E-state index in [4.69, 9.17) is 9.26 Å². The van der Waals surface area contributed by atoms with E-state index < -0.39 is 0 Å². The lowest BCUT2D eigenvalue weighted by atomic mass is 9.91. The minimum atomic E-state index is -0.323. The molecule has 1 N–H and O–H groups in total. The lowest BCUT2D eigenvalue weighted by Crippen LogP contribution is -2.33. The van der Waals surface area contributed by atoms with Gasteiger partial charge in [-0.2, -0.15) is 0 Å². The first-order chi connectivity index (χ1) is 14.9. The highest BCUT2D eigenvalue weighted by Gasteiger charge is 2.24. The van der Waals surface area contributed by atoms with Gasteiger partial charge in [0.25, 0.3) is 0 Å². The number of rotatable bonds is 6. The van der Waals surface area contributed by atoms with Crippen LogP contribution in [0.3, 0.4) is 0 Å². The molecule has 4 rings (SSSR count). The van der Waals surface area contributed by atoms with Crippen molar-refractivity contribution < 1.29 is 23.6 Å². The van der Waals surface area contributed by atoms with E-state index in [1.54, 1.807) is 18.2 Å². The number of ether oxygens (including phenoxy) is 1. The monoisotopic (exact) mass is 424 g/mol. The SMILES string of the molecule is CC(=O)c1ccc(O)c(O/C(C)=C/CN2CCC(c3noc4cc(F)ccc34)CC2)c1. The molecule has 0 aliphatic carbocycles. The number of Topliss-reactive ketones (excluding diaryl/α,β-unsaturated/α-hetero) is 1. The molecule has 0 radical (unpaired) electrons. The fraction of sp³-hybridized carbons (Fsp3) is 0.333. The van der Waals surface area contributed by atoms with Crippen LogP contribution >= 0.6 is 0 Å². The topological polar surface area (TPSA) is 75.8 Å². The van der Waals surface area contributed by atoms with Crippen LogP contribution in [0.1, 0.15) is 48.7 Å². The molecule has 7 heteroatoms. The molecule has 0 spiro atoms. The number of piperidine rings is 1. The van der Waals surface area contributed by atoms with Gasteiger partial charge >= 0.3 is 0 Å². The minimum absolute atomic E-state index is 0.00159. The van der Waals surface area contributed by atoms with E-state index in [2.05, 4.69) is 10.1 Å². The van der Waals surface area contributed by atoms with Gasteiger partial charge in [0.05, 0.1) is 11.5 Å². The van der Waals surface area contributed by atoms with Crippen molar-refractivity contribution in [2.75, 3.05) is 19.6 Å². The van der Waals surface area contributed by atoms with Gasteiger partial charge in [-0.15, -0.1) is 0 Å². The number of aromatic hydroxyl groups is 1. The molecule has 0 saturated carbocycles. The lowest BCUT2D eigenvalue weighted by Gasteiger charge is -2.30. The lowest BCUT2D eigenvalue weighted by molar-refractivity contribution is 0.101. The minimum Gasteiger partial charge on any atom is -0.504 e. The second kappa shape index (κ2) is 8.89. The van der Waals surface area contributed by atoms with E-state index in [1.165, 1.54) is 25.1 Å². The summed E-state index contributed by atoms with van der Waals surface area (Å²) in [6, 6.07) is 9.14. The molecular formula is C24H25FN2O4. The van der Waals surface area contributed by atoms with Gasteiger partial charge in [0.15, 0.2) is 22.9 Å². The van der Waals surface area contributed by atoms with Gasteiger partial charge < -0.3 is 14.4 Å². The average molecular weight is 424 g/mol. The number of hydrogen-bond donors (Lipinski definition) is 1. The van der Waals surface area contributed by atoms with Crippen molar-refractivity contribution in [3.05, 3.63) is 65.3 Å². The molecule has 6 nitrogen and oxygen atoms in total. The zero-order valence-corrected chi connectivity index (χ0v) is 17.6. The van der Waals surface area contributed by atoms with Crippen molar-refractivity contribution in [2.45, 2.75) is 32.6 Å². The van der Waals surface area contributed by atoms with E-state index in [1.807, 2.05) is 13.0 Å². The number of carbonyl (C=O) groups is 1. The first kappa shape index (κ1) is 21.1. The zero-order chi connectivity index (χ0) is 22.0. The van der Waals surface area contributed by atoms with Gasteiger partial charge in [0.2, 0.25) is 0 Å². The Morgan fingerprint density at radius 2 is 2.03 bits per heavy atom. The summed E-state index contributed by atoms with van der Waals surface area (Å²) in [5.41, 5.74) is 1.89. The van der Waals surface area contributed by atoms with Crippen LogP contribution in [0.25, 0.3) is 11.0 Å². The maximum atomic E-state index is 13.4. The fourth-order valence-corrected chi connectivity index (χ4v) is 3.90. The molecule has 162 valence electrons. The van der Waals surface area contributed by atoms with Gasteiger partial charge in [-0.3, -0.25) is 9.69 Å². The van der Waals surface area contributed by atoms with Crippen LogP contribution in [0.4, 0.5) is 4.39 Å². The molecular weight excluding hydrogens is 399 g/mol. The highest BCUT2D eigenvalue weighted by molar-refractivity contribution is 5.94. The summed E-state index contributed by atoms with van der Waals surface area (Å²) < 4.78 is 24.4. The van der Waals surface area contributed by atoms with E-state index >= 15 is 0 Å². The third-order valence-electron chi connectivity index (χ3n) is 5.71. The number of carbonyl (C=O) groups excluding carboxylic acids is 1. The highest BCUT2D eigenvalue weighted by atomic mass is 19.1. The van der Waals surface area contributed by atoms with E-state index in [0.717, 1.165) is 43.6 Å². The quantitative estimate of drug-likeness (QED) is 0.441. The van der Waals surface area contributed by atoms with Crippen molar-refractivity contribution in [3.63, 3.8) is 0 Å². The summed E-state index contributed by atoms with van der Waals surface area (Å²) in [5, 5.41) is 15.1. The number of phenolic OH excluding ortho intramolecular Hbond substituents is 1. The van der Waals surface area contributed by atoms with Gasteiger partial charge in [-0.25, -0.2) is 4.39 Å². The number of benzene rings is 2. The molecule has 1 aliphatic heterocycles.